The molecule has 1 fully saturated rings. The molecule has 1 aliphatic rings. The molecule has 11 nitrogen and oxygen atoms in total. The standard InChI is InChI=1S/C86H165NO10/c1-3-5-7-9-11-13-15-17-19-21-23-25-27-29-31-33-35-37-38-39-40-41-42-44-46-48-50-52-54-56-58-60-62-64-66-68-70-72-74-79(90)85(95)87-77(76-96-86-84(94)83(93)82(92)80(75-88)97-86)81(91)78(89)73-71-69-67-65-63-61-59-57-55-53-51-49-47-45-43-36-34-32-30-28-26-24-22-20-18-16-14-12-10-8-6-4-2/h35,37,39-40,65,67,77-84,86,88-94H,3-34,36,38,41-64,66,68-76H2,1-2H3,(H,87,95)/b37-35-,40-39-,67-65+. The molecule has 8 N–H and O–H groups in total. The van der Waals surface area contributed by atoms with Crippen molar-refractivity contribution >= 4 is 5.91 Å². The van der Waals surface area contributed by atoms with Crippen molar-refractivity contribution in [3.63, 3.8) is 0 Å². The maximum atomic E-state index is 13.3. The summed E-state index contributed by atoms with van der Waals surface area (Å²) in [5.41, 5.74) is 0. The zero-order valence-corrected chi connectivity index (χ0v) is 64.1. The van der Waals surface area contributed by atoms with E-state index in [0.29, 0.717) is 12.8 Å². The minimum atomic E-state index is -1.67. The van der Waals surface area contributed by atoms with Crippen LogP contribution in [0, 0.1) is 0 Å². The molecular weight excluding hydrogens is 1210 g/mol. The van der Waals surface area contributed by atoms with Crippen LogP contribution in [0.1, 0.15) is 438 Å². The lowest BCUT2D eigenvalue weighted by molar-refractivity contribution is -0.303. The van der Waals surface area contributed by atoms with E-state index in [4.69, 9.17) is 9.47 Å². The maximum Gasteiger partial charge on any atom is 0.249 e. The summed E-state index contributed by atoms with van der Waals surface area (Å²) in [5, 5.41) is 76.8. The fourth-order valence-electron chi connectivity index (χ4n) is 14.1. The summed E-state index contributed by atoms with van der Waals surface area (Å²) in [6, 6.07) is -1.19. The Balaban J connectivity index is 2.11. The van der Waals surface area contributed by atoms with Crippen LogP contribution in [-0.2, 0) is 14.3 Å². The van der Waals surface area contributed by atoms with Crippen LogP contribution < -0.4 is 5.32 Å². The van der Waals surface area contributed by atoms with Gasteiger partial charge in [-0.25, -0.2) is 0 Å². The predicted octanol–water partition coefficient (Wildman–Crippen LogP) is 22.8. The molecule has 0 aromatic heterocycles. The monoisotopic (exact) mass is 1370 g/mol. The number of ether oxygens (including phenoxy) is 2. The summed E-state index contributed by atoms with van der Waals surface area (Å²) < 4.78 is 11.2. The molecular formula is C86H165NO10. The lowest BCUT2D eigenvalue weighted by Gasteiger charge is -2.40. The third-order valence-electron chi connectivity index (χ3n) is 20.9. The lowest BCUT2D eigenvalue weighted by Crippen LogP contribution is -2.60. The van der Waals surface area contributed by atoms with Crippen LogP contribution in [0.15, 0.2) is 36.5 Å². The van der Waals surface area contributed by atoms with Gasteiger partial charge < -0.3 is 50.5 Å². The van der Waals surface area contributed by atoms with Crippen LogP contribution in [0.2, 0.25) is 0 Å². The van der Waals surface area contributed by atoms with Crippen LogP contribution in [0.3, 0.4) is 0 Å². The Morgan fingerprint density at radius 1 is 0.361 bits per heavy atom. The molecule has 11 heteroatoms. The highest BCUT2D eigenvalue weighted by molar-refractivity contribution is 5.80. The van der Waals surface area contributed by atoms with Crippen LogP contribution in [0.4, 0.5) is 0 Å². The van der Waals surface area contributed by atoms with Gasteiger partial charge in [0, 0.05) is 0 Å². The SMILES string of the molecule is CCCCCCCCCCCCCCCCC/C=C\C/C=C\CCCCCCCCCCCCCCCCCCC(O)C(=O)NC(COC1OC(CO)C(O)C(O)C1O)C(O)C(O)CCC/C=C/CCCCCCCCCCCCCCCCCCCCCCCCCCCCC. The van der Waals surface area contributed by atoms with Gasteiger partial charge in [0.05, 0.1) is 25.4 Å². The number of unbranched alkanes of at least 4 members (excludes halogenated alkanes) is 59. The van der Waals surface area contributed by atoms with Gasteiger partial charge >= 0.3 is 0 Å². The van der Waals surface area contributed by atoms with Crippen molar-refractivity contribution in [3.8, 4) is 0 Å². The van der Waals surface area contributed by atoms with E-state index in [1.807, 2.05) is 0 Å². The van der Waals surface area contributed by atoms with Crippen LogP contribution >= 0.6 is 0 Å². The molecule has 0 saturated carbocycles. The van der Waals surface area contributed by atoms with Crippen molar-refractivity contribution in [2.45, 2.75) is 493 Å². The van der Waals surface area contributed by atoms with Gasteiger partial charge in [-0.15, -0.1) is 0 Å². The van der Waals surface area contributed by atoms with Gasteiger partial charge in [-0.1, -0.05) is 403 Å². The zero-order valence-electron chi connectivity index (χ0n) is 64.1. The molecule has 0 aromatic carbocycles. The number of aliphatic hydroxyl groups excluding tert-OH is 7. The van der Waals surface area contributed by atoms with E-state index < -0.39 is 74.2 Å². The van der Waals surface area contributed by atoms with Crippen molar-refractivity contribution in [1.82, 2.24) is 5.32 Å². The number of amides is 1. The number of hydrogen-bond donors (Lipinski definition) is 8. The smallest absolute Gasteiger partial charge is 0.249 e. The van der Waals surface area contributed by atoms with Gasteiger partial charge in [0.15, 0.2) is 6.29 Å². The van der Waals surface area contributed by atoms with Gasteiger partial charge in [0.25, 0.3) is 0 Å². The molecule has 0 radical (unpaired) electrons. The first kappa shape index (κ1) is 93.3. The second kappa shape index (κ2) is 74.1. The van der Waals surface area contributed by atoms with Gasteiger partial charge in [0.2, 0.25) is 5.91 Å². The Hall–Kier alpha value is -1.67. The highest BCUT2D eigenvalue weighted by atomic mass is 16.7. The average Bonchev–Trinajstić information content (AvgIpc) is 0.827. The molecule has 0 bridgehead atoms. The number of carbonyl (C=O) groups is 1. The molecule has 0 aromatic rings. The summed E-state index contributed by atoms with van der Waals surface area (Å²) in [4.78, 5) is 13.3. The highest BCUT2D eigenvalue weighted by Gasteiger charge is 2.44. The van der Waals surface area contributed by atoms with E-state index in [9.17, 15) is 40.5 Å². The van der Waals surface area contributed by atoms with E-state index in [0.717, 1.165) is 44.9 Å². The molecule has 1 heterocycles. The second-order valence-corrected chi connectivity index (χ2v) is 30.3. The largest absolute Gasteiger partial charge is 0.394 e. The molecule has 574 valence electrons. The minimum Gasteiger partial charge on any atom is -0.394 e. The number of allylic oxidation sites excluding steroid dienone is 6. The van der Waals surface area contributed by atoms with Gasteiger partial charge in [-0.2, -0.15) is 0 Å². The van der Waals surface area contributed by atoms with Crippen LogP contribution in [0.5, 0.6) is 0 Å². The topological polar surface area (TPSA) is 189 Å². The third kappa shape index (κ3) is 60.5. The normalized spacial score (nSPS) is 18.1. The first-order valence-electron chi connectivity index (χ1n) is 42.9. The van der Waals surface area contributed by atoms with Crippen molar-refractivity contribution < 1.29 is 50.0 Å². The number of nitrogens with one attached hydrogen (secondary N) is 1. The molecule has 9 unspecified atom stereocenters. The van der Waals surface area contributed by atoms with Gasteiger partial charge in [-0.05, 0) is 70.6 Å². The Morgan fingerprint density at radius 2 is 0.639 bits per heavy atom. The van der Waals surface area contributed by atoms with Crippen molar-refractivity contribution in [3.05, 3.63) is 36.5 Å². The number of rotatable bonds is 77. The molecule has 0 spiro atoms. The van der Waals surface area contributed by atoms with Crippen LogP contribution in [0.25, 0.3) is 0 Å². The van der Waals surface area contributed by atoms with Crippen LogP contribution in [-0.4, -0.2) is 110 Å². The summed E-state index contributed by atoms with van der Waals surface area (Å²) in [6.07, 6.45) is 87.2. The Kier molecular flexibility index (Phi) is 71.3. The van der Waals surface area contributed by atoms with Gasteiger partial charge in [0.1, 0.15) is 36.6 Å². The first-order valence-corrected chi connectivity index (χ1v) is 42.9. The zero-order chi connectivity index (χ0) is 70.2. The Labute approximate surface area is 600 Å². The second-order valence-electron chi connectivity index (χ2n) is 30.3. The van der Waals surface area contributed by atoms with Crippen molar-refractivity contribution in [2.75, 3.05) is 13.2 Å². The summed E-state index contributed by atoms with van der Waals surface area (Å²) in [6.45, 7) is 3.52. The van der Waals surface area contributed by atoms with E-state index >= 15 is 0 Å². The third-order valence-corrected chi connectivity index (χ3v) is 20.9. The number of hydrogen-bond acceptors (Lipinski definition) is 10. The molecule has 1 amide bonds. The lowest BCUT2D eigenvalue weighted by atomic mass is 9.98. The molecule has 1 rings (SSSR count). The maximum absolute atomic E-state index is 13.3. The quantitative estimate of drug-likeness (QED) is 0.0215. The molecule has 9 atom stereocenters. The minimum absolute atomic E-state index is 0.256. The predicted molar refractivity (Wildman–Crippen MR) is 413 cm³/mol. The fraction of sp³-hybridized carbons (Fsp3) is 0.919. The molecule has 97 heavy (non-hydrogen) atoms. The average molecular weight is 1370 g/mol. The number of carbonyl (C=O) groups excluding carboxylic acids is 1. The summed E-state index contributed by atoms with van der Waals surface area (Å²) in [5.74, 6) is -0.699. The van der Waals surface area contributed by atoms with Gasteiger partial charge in [-0.3, -0.25) is 4.79 Å². The highest BCUT2D eigenvalue weighted by Crippen LogP contribution is 2.25. The Morgan fingerprint density at radius 3 is 0.948 bits per heavy atom. The summed E-state index contributed by atoms with van der Waals surface area (Å²) in [7, 11) is 0. The van der Waals surface area contributed by atoms with E-state index in [1.165, 1.54) is 353 Å². The van der Waals surface area contributed by atoms with E-state index in [1.54, 1.807) is 0 Å². The van der Waals surface area contributed by atoms with Crippen molar-refractivity contribution in [1.29, 1.82) is 0 Å². The molecule has 0 aliphatic carbocycles. The summed E-state index contributed by atoms with van der Waals surface area (Å²) >= 11 is 0. The number of aliphatic hydroxyl groups is 7. The Bertz CT molecular complexity index is 1680. The first-order chi connectivity index (χ1) is 47.7. The molecule has 1 aliphatic heterocycles. The van der Waals surface area contributed by atoms with Crippen molar-refractivity contribution in [2.24, 2.45) is 0 Å². The fourth-order valence-corrected chi connectivity index (χ4v) is 14.1. The van der Waals surface area contributed by atoms with E-state index in [2.05, 4.69) is 55.6 Å². The van der Waals surface area contributed by atoms with E-state index in [-0.39, 0.29) is 12.8 Å². The molecule has 1 saturated heterocycles.